The Morgan fingerprint density at radius 2 is 2.00 bits per heavy atom. The molecule has 0 amide bonds. The van der Waals surface area contributed by atoms with E-state index in [-0.39, 0.29) is 11.9 Å². The third-order valence-corrected chi connectivity index (χ3v) is 3.71. The van der Waals surface area contributed by atoms with Gasteiger partial charge in [0.15, 0.2) is 0 Å². The average Bonchev–Trinajstić information content (AvgIpc) is 2.48. The molecule has 0 bridgehead atoms. The molecule has 0 radical (unpaired) electrons. The highest BCUT2D eigenvalue weighted by Gasteiger charge is 2.17. The number of ether oxygens (including phenoxy) is 1. The van der Waals surface area contributed by atoms with Crippen LogP contribution in [0.2, 0.25) is 0 Å². The smallest absolute Gasteiger partial charge is 0.125 e. The molecule has 0 aliphatic heterocycles. The molecule has 21 heavy (non-hydrogen) atoms. The van der Waals surface area contributed by atoms with Crippen LogP contribution in [0.1, 0.15) is 17.2 Å². The molecule has 1 unspecified atom stereocenters. The quantitative estimate of drug-likeness (QED) is 0.917. The molecule has 112 valence electrons. The molecule has 2 rings (SSSR count). The van der Waals surface area contributed by atoms with Crippen molar-refractivity contribution in [3.63, 3.8) is 0 Å². The first kappa shape index (κ1) is 15.3. The highest BCUT2D eigenvalue weighted by molar-refractivity contribution is 5.49. The normalized spacial score (nSPS) is 12.0. The summed E-state index contributed by atoms with van der Waals surface area (Å²) in [7, 11) is 3.58. The zero-order valence-electron chi connectivity index (χ0n) is 12.6. The van der Waals surface area contributed by atoms with Crippen LogP contribution in [0.3, 0.4) is 0 Å². The summed E-state index contributed by atoms with van der Waals surface area (Å²) in [5, 5.41) is 0. The van der Waals surface area contributed by atoms with Crippen LogP contribution in [0.5, 0.6) is 5.75 Å². The van der Waals surface area contributed by atoms with Gasteiger partial charge in [0.25, 0.3) is 0 Å². The lowest BCUT2D eigenvalue weighted by molar-refractivity contribution is 0.411. The third kappa shape index (κ3) is 3.34. The van der Waals surface area contributed by atoms with Crippen LogP contribution >= 0.6 is 0 Å². The van der Waals surface area contributed by atoms with E-state index in [2.05, 4.69) is 6.07 Å². The Morgan fingerprint density at radius 3 is 2.57 bits per heavy atom. The summed E-state index contributed by atoms with van der Waals surface area (Å²) >= 11 is 0. The van der Waals surface area contributed by atoms with E-state index in [4.69, 9.17) is 10.5 Å². The van der Waals surface area contributed by atoms with Crippen molar-refractivity contribution in [2.24, 2.45) is 5.73 Å². The minimum atomic E-state index is -0.249. The van der Waals surface area contributed by atoms with Crippen molar-refractivity contribution < 1.29 is 9.13 Å². The first-order valence-corrected chi connectivity index (χ1v) is 6.89. The van der Waals surface area contributed by atoms with Gasteiger partial charge in [-0.3, -0.25) is 0 Å². The fraction of sp³-hybridized carbons (Fsp3) is 0.294. The molecule has 0 saturated heterocycles. The zero-order chi connectivity index (χ0) is 15.4. The molecule has 0 saturated carbocycles. The van der Waals surface area contributed by atoms with E-state index < -0.39 is 0 Å². The van der Waals surface area contributed by atoms with Gasteiger partial charge in [-0.1, -0.05) is 18.2 Å². The van der Waals surface area contributed by atoms with Gasteiger partial charge in [-0.15, -0.1) is 0 Å². The summed E-state index contributed by atoms with van der Waals surface area (Å²) in [4.78, 5) is 1.99. The molecular formula is C17H21FN2O. The second-order valence-corrected chi connectivity index (χ2v) is 5.07. The zero-order valence-corrected chi connectivity index (χ0v) is 12.6. The summed E-state index contributed by atoms with van der Waals surface area (Å²) in [5.74, 6) is 0.601. The number of likely N-dealkylation sites (N-methyl/N-ethyl adjacent to an activating group) is 1. The first-order chi connectivity index (χ1) is 10.1. The molecule has 1 atom stereocenters. The second-order valence-electron chi connectivity index (χ2n) is 5.07. The maximum atomic E-state index is 13.4. The SMILES string of the molecule is COc1ccc(C(CN)N(C)c2cccc(F)c2)cc1C. The van der Waals surface area contributed by atoms with Crippen LogP contribution in [-0.2, 0) is 0 Å². The molecule has 2 aromatic rings. The van der Waals surface area contributed by atoms with Gasteiger partial charge in [-0.05, 0) is 42.3 Å². The minimum Gasteiger partial charge on any atom is -0.496 e. The number of nitrogens with zero attached hydrogens (tertiary/aromatic N) is 1. The lowest BCUT2D eigenvalue weighted by Gasteiger charge is -2.30. The predicted molar refractivity (Wildman–Crippen MR) is 84.3 cm³/mol. The van der Waals surface area contributed by atoms with Crippen LogP contribution in [0.15, 0.2) is 42.5 Å². The van der Waals surface area contributed by atoms with E-state index >= 15 is 0 Å². The van der Waals surface area contributed by atoms with Gasteiger partial charge in [0, 0.05) is 19.3 Å². The molecule has 4 heteroatoms. The Morgan fingerprint density at radius 1 is 1.24 bits per heavy atom. The highest BCUT2D eigenvalue weighted by Crippen LogP contribution is 2.28. The van der Waals surface area contributed by atoms with Gasteiger partial charge in [0.05, 0.1) is 13.2 Å². The topological polar surface area (TPSA) is 38.5 Å². The number of hydrogen-bond donors (Lipinski definition) is 1. The molecule has 2 N–H and O–H groups in total. The first-order valence-electron chi connectivity index (χ1n) is 6.89. The van der Waals surface area contributed by atoms with E-state index in [1.54, 1.807) is 13.2 Å². The maximum absolute atomic E-state index is 13.4. The predicted octanol–water partition coefficient (Wildman–Crippen LogP) is 3.28. The molecule has 0 heterocycles. The number of anilines is 1. The molecular weight excluding hydrogens is 267 g/mol. The third-order valence-electron chi connectivity index (χ3n) is 3.71. The summed E-state index contributed by atoms with van der Waals surface area (Å²) < 4.78 is 18.7. The summed E-state index contributed by atoms with van der Waals surface area (Å²) in [5.41, 5.74) is 8.88. The van der Waals surface area contributed by atoms with Gasteiger partial charge in [0.1, 0.15) is 11.6 Å². The van der Waals surface area contributed by atoms with Gasteiger partial charge in [-0.25, -0.2) is 4.39 Å². The molecule has 0 fully saturated rings. The fourth-order valence-electron chi connectivity index (χ4n) is 2.50. The molecule has 0 aliphatic carbocycles. The second kappa shape index (κ2) is 6.59. The van der Waals surface area contributed by atoms with E-state index in [1.165, 1.54) is 12.1 Å². The van der Waals surface area contributed by atoms with Crippen molar-refractivity contribution in [2.45, 2.75) is 13.0 Å². The molecule has 0 aromatic heterocycles. The van der Waals surface area contributed by atoms with Crippen LogP contribution in [-0.4, -0.2) is 20.7 Å². The fourth-order valence-corrected chi connectivity index (χ4v) is 2.50. The largest absolute Gasteiger partial charge is 0.496 e. The maximum Gasteiger partial charge on any atom is 0.125 e. The van der Waals surface area contributed by atoms with Crippen molar-refractivity contribution in [1.82, 2.24) is 0 Å². The van der Waals surface area contributed by atoms with Crippen molar-refractivity contribution in [2.75, 3.05) is 25.6 Å². The number of halogens is 1. The van der Waals surface area contributed by atoms with Crippen LogP contribution in [0.4, 0.5) is 10.1 Å². The number of aryl methyl sites for hydroxylation is 1. The minimum absolute atomic E-state index is 0.0172. The lowest BCUT2D eigenvalue weighted by atomic mass is 10.0. The number of benzene rings is 2. The van der Waals surface area contributed by atoms with Gasteiger partial charge in [0.2, 0.25) is 0 Å². The van der Waals surface area contributed by atoms with Gasteiger partial charge in [-0.2, -0.15) is 0 Å². The Balaban J connectivity index is 2.32. The van der Waals surface area contributed by atoms with Crippen molar-refractivity contribution >= 4 is 5.69 Å². The van der Waals surface area contributed by atoms with Crippen molar-refractivity contribution in [3.8, 4) is 5.75 Å². The number of hydrogen-bond acceptors (Lipinski definition) is 3. The number of rotatable bonds is 5. The Labute approximate surface area is 125 Å². The molecule has 0 aliphatic rings. The summed E-state index contributed by atoms with van der Waals surface area (Å²) in [6, 6.07) is 12.5. The van der Waals surface area contributed by atoms with Crippen LogP contribution in [0, 0.1) is 12.7 Å². The van der Waals surface area contributed by atoms with Crippen LogP contribution in [0.25, 0.3) is 0 Å². The van der Waals surface area contributed by atoms with E-state index in [9.17, 15) is 4.39 Å². The van der Waals surface area contributed by atoms with Crippen molar-refractivity contribution in [1.29, 1.82) is 0 Å². The molecule has 3 nitrogen and oxygen atoms in total. The van der Waals surface area contributed by atoms with E-state index in [1.807, 2.05) is 37.1 Å². The standard InChI is InChI=1S/C17H21FN2O/c1-12-9-13(7-8-17(12)21-3)16(11-19)20(2)15-6-4-5-14(18)10-15/h4-10,16H,11,19H2,1-3H3. The average molecular weight is 288 g/mol. The monoisotopic (exact) mass is 288 g/mol. The van der Waals surface area contributed by atoms with Gasteiger partial charge >= 0.3 is 0 Å². The van der Waals surface area contributed by atoms with E-state index in [0.29, 0.717) is 6.54 Å². The summed E-state index contributed by atoms with van der Waals surface area (Å²) in [6.07, 6.45) is 0. The Kier molecular flexibility index (Phi) is 4.81. The number of methoxy groups -OCH3 is 1. The molecule has 2 aromatic carbocycles. The van der Waals surface area contributed by atoms with Gasteiger partial charge < -0.3 is 15.4 Å². The van der Waals surface area contributed by atoms with Crippen molar-refractivity contribution in [3.05, 3.63) is 59.4 Å². The van der Waals surface area contributed by atoms with E-state index in [0.717, 1.165) is 22.6 Å². The highest BCUT2D eigenvalue weighted by atomic mass is 19.1. The number of nitrogens with two attached hydrogens (primary N) is 1. The van der Waals surface area contributed by atoms with Crippen LogP contribution < -0.4 is 15.4 Å². The lowest BCUT2D eigenvalue weighted by Crippen LogP contribution is -2.30. The molecule has 0 spiro atoms. The Bertz CT molecular complexity index is 615. The summed E-state index contributed by atoms with van der Waals surface area (Å²) in [6.45, 7) is 2.44. The Hall–Kier alpha value is -2.07.